The van der Waals surface area contributed by atoms with E-state index in [9.17, 15) is 22.8 Å². The van der Waals surface area contributed by atoms with Gasteiger partial charge in [-0.1, -0.05) is 19.1 Å². The van der Waals surface area contributed by atoms with Gasteiger partial charge in [-0.3, -0.25) is 9.59 Å². The summed E-state index contributed by atoms with van der Waals surface area (Å²) in [5.74, 6) is -0.992. The first-order chi connectivity index (χ1) is 9.77. The van der Waals surface area contributed by atoms with Crippen LogP contribution in [0, 0.1) is 0 Å². The van der Waals surface area contributed by atoms with E-state index in [1.807, 2.05) is 0 Å². The highest BCUT2D eigenvalue weighted by Gasteiger charge is 2.44. The average molecular weight is 300 g/mol. The maximum absolute atomic E-state index is 13.1. The van der Waals surface area contributed by atoms with E-state index in [1.165, 1.54) is 19.1 Å². The van der Waals surface area contributed by atoms with E-state index in [-0.39, 0.29) is 17.8 Å². The lowest BCUT2D eigenvalue weighted by atomic mass is 10.0. The molecule has 114 valence electrons. The second-order valence-corrected chi connectivity index (χ2v) is 4.86. The Morgan fingerprint density at radius 2 is 2.05 bits per heavy atom. The van der Waals surface area contributed by atoms with Crippen LogP contribution in [0.15, 0.2) is 18.2 Å². The second-order valence-electron chi connectivity index (χ2n) is 4.86. The predicted octanol–water partition coefficient (Wildman–Crippen LogP) is 2.64. The maximum atomic E-state index is 13.1. The van der Waals surface area contributed by atoms with Crippen LogP contribution in [0.25, 0.3) is 0 Å². The largest absolute Gasteiger partial charge is 0.418 e. The van der Waals surface area contributed by atoms with Crippen LogP contribution in [-0.4, -0.2) is 18.4 Å². The number of rotatable bonds is 3. The van der Waals surface area contributed by atoms with E-state index in [4.69, 9.17) is 0 Å². The van der Waals surface area contributed by atoms with Crippen molar-refractivity contribution in [2.24, 2.45) is 0 Å². The molecule has 2 rings (SSSR count). The molecule has 1 aliphatic rings. The van der Waals surface area contributed by atoms with E-state index >= 15 is 0 Å². The molecule has 0 aromatic heterocycles. The lowest BCUT2D eigenvalue weighted by Gasteiger charge is -2.20. The van der Waals surface area contributed by atoms with E-state index < -0.39 is 29.6 Å². The number of alkyl halides is 3. The van der Waals surface area contributed by atoms with Gasteiger partial charge in [0, 0.05) is 19.0 Å². The number of fused-ring (bicyclic) bond motifs is 1. The zero-order valence-corrected chi connectivity index (χ0v) is 11.6. The van der Waals surface area contributed by atoms with Crippen LogP contribution in [-0.2, 0) is 15.8 Å². The minimum absolute atomic E-state index is 0.143. The van der Waals surface area contributed by atoms with Crippen LogP contribution < -0.4 is 10.2 Å². The van der Waals surface area contributed by atoms with Crippen molar-refractivity contribution in [3.8, 4) is 0 Å². The highest BCUT2D eigenvalue weighted by Crippen LogP contribution is 2.45. The summed E-state index contributed by atoms with van der Waals surface area (Å²) in [5, 5.41) is 2.42. The fourth-order valence-corrected chi connectivity index (χ4v) is 2.51. The van der Waals surface area contributed by atoms with Crippen molar-refractivity contribution in [2.75, 3.05) is 11.4 Å². The van der Waals surface area contributed by atoms with E-state index in [0.29, 0.717) is 6.42 Å². The molecule has 1 atom stereocenters. The molecule has 1 aromatic carbocycles. The number of amides is 2. The summed E-state index contributed by atoms with van der Waals surface area (Å²) < 4.78 is 39.4. The first kappa shape index (κ1) is 15.3. The number of benzene rings is 1. The Balaban J connectivity index is 2.59. The number of nitrogens with one attached hydrogen (secondary N) is 1. The van der Waals surface area contributed by atoms with E-state index in [0.717, 1.165) is 11.0 Å². The van der Waals surface area contributed by atoms with Crippen LogP contribution in [0.5, 0.6) is 0 Å². The van der Waals surface area contributed by atoms with Crippen LogP contribution in [0.4, 0.5) is 18.9 Å². The van der Waals surface area contributed by atoms with Gasteiger partial charge in [-0.15, -0.1) is 0 Å². The molecule has 0 bridgehead atoms. The van der Waals surface area contributed by atoms with Crippen molar-refractivity contribution in [3.05, 3.63) is 29.3 Å². The first-order valence-electron chi connectivity index (χ1n) is 6.56. The quantitative estimate of drug-likeness (QED) is 0.933. The Bertz CT molecular complexity index is 584. The minimum atomic E-state index is -4.55. The number of hydrogen-bond donors (Lipinski definition) is 1. The average Bonchev–Trinajstić information content (AvgIpc) is 2.63. The summed E-state index contributed by atoms with van der Waals surface area (Å²) in [6, 6.07) is 2.59. The van der Waals surface area contributed by atoms with Crippen molar-refractivity contribution in [2.45, 2.75) is 32.5 Å². The normalized spacial score (nSPS) is 17.9. The fourth-order valence-electron chi connectivity index (χ4n) is 2.51. The SMILES string of the molecule is CCCN1C(=O)[C@@H](NC(C)=O)c2cccc(C(F)(F)F)c21. The number of anilines is 1. The molecule has 0 unspecified atom stereocenters. The summed E-state index contributed by atoms with van der Waals surface area (Å²) in [6.45, 7) is 3.17. The molecule has 1 aromatic rings. The van der Waals surface area contributed by atoms with Gasteiger partial charge in [-0.05, 0) is 12.5 Å². The molecule has 0 fully saturated rings. The fraction of sp³-hybridized carbons (Fsp3) is 0.429. The van der Waals surface area contributed by atoms with Crippen LogP contribution in [0.3, 0.4) is 0 Å². The highest BCUT2D eigenvalue weighted by atomic mass is 19.4. The van der Waals surface area contributed by atoms with Gasteiger partial charge in [0.1, 0.15) is 6.04 Å². The monoisotopic (exact) mass is 300 g/mol. The smallest absolute Gasteiger partial charge is 0.341 e. The third kappa shape index (κ3) is 2.72. The third-order valence-electron chi connectivity index (χ3n) is 3.26. The number of carbonyl (C=O) groups is 2. The summed E-state index contributed by atoms with van der Waals surface area (Å²) in [7, 11) is 0. The Labute approximate surface area is 119 Å². The molecule has 0 saturated heterocycles. The zero-order chi connectivity index (χ0) is 15.8. The Hall–Kier alpha value is -2.05. The van der Waals surface area contributed by atoms with E-state index in [1.54, 1.807) is 6.92 Å². The van der Waals surface area contributed by atoms with Gasteiger partial charge < -0.3 is 10.2 Å². The van der Waals surface area contributed by atoms with Gasteiger partial charge in [-0.25, -0.2) is 0 Å². The number of para-hydroxylation sites is 1. The molecule has 7 heteroatoms. The van der Waals surface area contributed by atoms with Crippen molar-refractivity contribution < 1.29 is 22.8 Å². The van der Waals surface area contributed by atoms with Gasteiger partial charge in [0.15, 0.2) is 0 Å². The molecule has 1 heterocycles. The minimum Gasteiger partial charge on any atom is -0.341 e. The third-order valence-corrected chi connectivity index (χ3v) is 3.26. The van der Waals surface area contributed by atoms with Crippen molar-refractivity contribution in [1.29, 1.82) is 0 Å². The molecule has 0 aliphatic carbocycles. The molecular weight excluding hydrogens is 285 g/mol. The molecule has 0 spiro atoms. The number of carbonyl (C=O) groups excluding carboxylic acids is 2. The topological polar surface area (TPSA) is 49.4 Å². The van der Waals surface area contributed by atoms with Crippen LogP contribution in [0.1, 0.15) is 37.4 Å². The summed E-state index contributed by atoms with van der Waals surface area (Å²) in [6.07, 6.45) is -4.03. The van der Waals surface area contributed by atoms with Crippen LogP contribution >= 0.6 is 0 Å². The second kappa shape index (κ2) is 5.38. The van der Waals surface area contributed by atoms with Gasteiger partial charge in [0.25, 0.3) is 5.91 Å². The number of nitrogens with zero attached hydrogens (tertiary/aromatic N) is 1. The standard InChI is InChI=1S/C14H15F3N2O2/c1-3-7-19-12-9(11(13(19)21)18-8(2)20)5-4-6-10(12)14(15,16)17/h4-6,11H,3,7H2,1-2H3,(H,18,20)/t11-/m0/s1. The highest BCUT2D eigenvalue weighted by molar-refractivity contribution is 6.07. The molecule has 21 heavy (non-hydrogen) atoms. The summed E-state index contributed by atoms with van der Waals surface area (Å²) in [4.78, 5) is 24.6. The maximum Gasteiger partial charge on any atom is 0.418 e. The summed E-state index contributed by atoms with van der Waals surface area (Å²) >= 11 is 0. The van der Waals surface area contributed by atoms with Gasteiger partial charge >= 0.3 is 6.18 Å². The van der Waals surface area contributed by atoms with Crippen LogP contribution in [0.2, 0.25) is 0 Å². The van der Waals surface area contributed by atoms with Crippen molar-refractivity contribution in [3.63, 3.8) is 0 Å². The van der Waals surface area contributed by atoms with Gasteiger partial charge in [-0.2, -0.15) is 13.2 Å². The molecular formula is C14H15F3N2O2. The number of halogens is 3. The van der Waals surface area contributed by atoms with Gasteiger partial charge in [0.2, 0.25) is 5.91 Å². The predicted molar refractivity (Wildman–Crippen MR) is 70.6 cm³/mol. The molecule has 1 aliphatic heterocycles. The van der Waals surface area contributed by atoms with E-state index in [2.05, 4.69) is 5.32 Å². The number of hydrogen-bond acceptors (Lipinski definition) is 2. The molecule has 0 radical (unpaired) electrons. The van der Waals surface area contributed by atoms with Gasteiger partial charge in [0.05, 0.1) is 11.3 Å². The van der Waals surface area contributed by atoms with Crippen molar-refractivity contribution >= 4 is 17.5 Å². The Morgan fingerprint density at radius 1 is 1.38 bits per heavy atom. The first-order valence-corrected chi connectivity index (χ1v) is 6.56. The molecule has 4 nitrogen and oxygen atoms in total. The lowest BCUT2D eigenvalue weighted by Crippen LogP contribution is -2.37. The Kier molecular flexibility index (Phi) is 3.93. The molecule has 0 saturated carbocycles. The molecule has 2 amide bonds. The Morgan fingerprint density at radius 3 is 2.57 bits per heavy atom. The zero-order valence-electron chi connectivity index (χ0n) is 11.6. The summed E-state index contributed by atoms with van der Waals surface area (Å²) in [5.41, 5.74) is -0.802. The lowest BCUT2D eigenvalue weighted by molar-refractivity contribution is -0.137. The van der Waals surface area contributed by atoms with Crippen molar-refractivity contribution in [1.82, 2.24) is 5.32 Å². The molecule has 1 N–H and O–H groups in total.